The molecule has 1 saturated heterocycles. The van der Waals surface area contributed by atoms with Crippen LogP contribution in [0.2, 0.25) is 0 Å². The molecule has 3 aromatic heterocycles. The van der Waals surface area contributed by atoms with Crippen LogP contribution in [0.4, 0.5) is 5.82 Å². The fourth-order valence-corrected chi connectivity index (χ4v) is 4.73. The Morgan fingerprint density at radius 1 is 1.15 bits per heavy atom. The number of nitrogens with one attached hydrogen (secondary N) is 2. The van der Waals surface area contributed by atoms with Gasteiger partial charge in [0.1, 0.15) is 11.5 Å². The van der Waals surface area contributed by atoms with Gasteiger partial charge < -0.3 is 10.6 Å². The van der Waals surface area contributed by atoms with E-state index in [2.05, 4.69) is 63.5 Å². The summed E-state index contributed by atoms with van der Waals surface area (Å²) >= 11 is 0. The van der Waals surface area contributed by atoms with Crippen molar-refractivity contribution < 1.29 is 0 Å². The molecule has 5 nitrogen and oxygen atoms in total. The summed E-state index contributed by atoms with van der Waals surface area (Å²) < 4.78 is 2.20. The number of fused-ring (bicyclic) bond motifs is 1. The second kappa shape index (κ2) is 5.32. The average Bonchev–Trinajstić information content (AvgIpc) is 3.22. The molecule has 6 rings (SSSR count). The quantitative estimate of drug-likeness (QED) is 0.747. The van der Waals surface area contributed by atoms with Gasteiger partial charge in [-0.3, -0.25) is 4.40 Å². The third-order valence-electron chi connectivity index (χ3n) is 6.92. The molecule has 1 aliphatic heterocycles. The standard InChI is InChI=1S/C22H25N5/c1-21(7-8-21)15-5-6-20-24-11-18(27(20)12-15)17-3-2-4-19(26-17)25-16-9-22(10-16)13-23-14-22/h2-6,11-12,16,23H,7-10,13-14H2,1H3,(H,25,26). The molecule has 4 heterocycles. The Labute approximate surface area is 159 Å². The van der Waals surface area contributed by atoms with Gasteiger partial charge in [-0.1, -0.05) is 19.1 Å². The lowest BCUT2D eigenvalue weighted by atomic mass is 9.62. The van der Waals surface area contributed by atoms with Gasteiger partial charge in [-0.25, -0.2) is 9.97 Å². The van der Waals surface area contributed by atoms with Crippen molar-refractivity contribution in [2.45, 2.75) is 44.1 Å². The van der Waals surface area contributed by atoms with Gasteiger partial charge in [0.05, 0.1) is 17.6 Å². The van der Waals surface area contributed by atoms with Gasteiger partial charge in [-0.05, 0) is 60.3 Å². The third kappa shape index (κ3) is 2.48. The molecule has 3 fully saturated rings. The van der Waals surface area contributed by atoms with Crippen LogP contribution in [0.5, 0.6) is 0 Å². The molecule has 0 amide bonds. The Balaban J connectivity index is 1.29. The van der Waals surface area contributed by atoms with Gasteiger partial charge in [0.25, 0.3) is 0 Å². The summed E-state index contributed by atoms with van der Waals surface area (Å²) in [6.07, 6.45) is 9.26. The summed E-state index contributed by atoms with van der Waals surface area (Å²) in [6.45, 7) is 4.71. The zero-order valence-electron chi connectivity index (χ0n) is 15.7. The largest absolute Gasteiger partial charge is 0.367 e. The van der Waals surface area contributed by atoms with Gasteiger partial charge in [-0.15, -0.1) is 0 Å². The molecule has 2 saturated carbocycles. The summed E-state index contributed by atoms with van der Waals surface area (Å²) in [5.74, 6) is 0.972. The van der Waals surface area contributed by atoms with E-state index in [9.17, 15) is 0 Å². The van der Waals surface area contributed by atoms with Gasteiger partial charge in [0, 0.05) is 25.3 Å². The molecule has 0 atom stereocenters. The van der Waals surface area contributed by atoms with Crippen molar-refractivity contribution in [1.29, 1.82) is 0 Å². The number of hydrogen-bond acceptors (Lipinski definition) is 4. The second-order valence-corrected chi connectivity index (χ2v) is 9.11. The predicted molar refractivity (Wildman–Crippen MR) is 107 cm³/mol. The minimum Gasteiger partial charge on any atom is -0.367 e. The Morgan fingerprint density at radius 3 is 2.74 bits per heavy atom. The van der Waals surface area contributed by atoms with E-state index in [0.29, 0.717) is 16.9 Å². The van der Waals surface area contributed by atoms with Crippen LogP contribution < -0.4 is 10.6 Å². The molecular formula is C22H25N5. The maximum Gasteiger partial charge on any atom is 0.137 e. The Morgan fingerprint density at radius 2 is 2.00 bits per heavy atom. The van der Waals surface area contributed by atoms with Gasteiger partial charge in [0.15, 0.2) is 0 Å². The van der Waals surface area contributed by atoms with Crippen molar-refractivity contribution in [1.82, 2.24) is 19.7 Å². The Hall–Kier alpha value is -2.40. The van der Waals surface area contributed by atoms with E-state index in [-0.39, 0.29) is 0 Å². The molecule has 0 bridgehead atoms. The lowest BCUT2D eigenvalue weighted by Crippen LogP contribution is -2.63. The van der Waals surface area contributed by atoms with Crippen molar-refractivity contribution in [3.63, 3.8) is 0 Å². The predicted octanol–water partition coefficient (Wildman–Crippen LogP) is 3.61. The van der Waals surface area contributed by atoms with E-state index in [1.165, 1.54) is 44.3 Å². The number of rotatable bonds is 4. The topological polar surface area (TPSA) is 54.2 Å². The van der Waals surface area contributed by atoms with Crippen LogP contribution in [0.1, 0.15) is 38.2 Å². The molecule has 27 heavy (non-hydrogen) atoms. The molecule has 5 heteroatoms. The van der Waals surface area contributed by atoms with Crippen LogP contribution in [-0.2, 0) is 5.41 Å². The number of imidazole rings is 1. The van der Waals surface area contributed by atoms with Gasteiger partial charge in [0.2, 0.25) is 0 Å². The number of aromatic nitrogens is 3. The summed E-state index contributed by atoms with van der Waals surface area (Å²) in [5.41, 5.74) is 5.35. The van der Waals surface area contributed by atoms with Crippen molar-refractivity contribution in [2.75, 3.05) is 18.4 Å². The van der Waals surface area contributed by atoms with Crippen molar-refractivity contribution in [3.8, 4) is 11.4 Å². The Kier molecular flexibility index (Phi) is 3.08. The van der Waals surface area contributed by atoms with Crippen LogP contribution in [0.25, 0.3) is 17.0 Å². The minimum atomic E-state index is 0.350. The lowest BCUT2D eigenvalue weighted by Gasteiger charge is -2.54. The van der Waals surface area contributed by atoms with Crippen molar-refractivity contribution in [3.05, 3.63) is 48.3 Å². The summed E-state index contributed by atoms with van der Waals surface area (Å²) in [4.78, 5) is 9.49. The van der Waals surface area contributed by atoms with Crippen LogP contribution in [0.15, 0.2) is 42.7 Å². The highest BCUT2D eigenvalue weighted by molar-refractivity contribution is 5.62. The summed E-state index contributed by atoms with van der Waals surface area (Å²) in [5, 5.41) is 7.03. The maximum absolute atomic E-state index is 4.90. The second-order valence-electron chi connectivity index (χ2n) is 9.11. The average molecular weight is 359 g/mol. The van der Waals surface area contributed by atoms with Crippen LogP contribution in [0, 0.1) is 5.41 Å². The van der Waals surface area contributed by atoms with Crippen LogP contribution in [0.3, 0.4) is 0 Å². The highest BCUT2D eigenvalue weighted by Crippen LogP contribution is 2.47. The lowest BCUT2D eigenvalue weighted by molar-refractivity contribution is 0.0469. The van der Waals surface area contributed by atoms with Gasteiger partial charge in [-0.2, -0.15) is 0 Å². The molecule has 0 aromatic carbocycles. The maximum atomic E-state index is 4.90. The van der Waals surface area contributed by atoms with Crippen molar-refractivity contribution in [2.24, 2.45) is 5.41 Å². The molecule has 1 spiro atoms. The molecule has 0 radical (unpaired) electrons. The fraction of sp³-hybridized carbons (Fsp3) is 0.455. The monoisotopic (exact) mass is 359 g/mol. The summed E-state index contributed by atoms with van der Waals surface area (Å²) in [7, 11) is 0. The highest BCUT2D eigenvalue weighted by atomic mass is 15.1. The zero-order valence-corrected chi connectivity index (χ0v) is 15.7. The fourth-order valence-electron chi connectivity index (χ4n) is 4.73. The first-order valence-corrected chi connectivity index (χ1v) is 10.1. The molecule has 0 unspecified atom stereocenters. The number of anilines is 1. The number of pyridine rings is 2. The van der Waals surface area contributed by atoms with E-state index in [1.807, 2.05) is 6.20 Å². The molecule has 138 valence electrons. The highest BCUT2D eigenvalue weighted by Gasteiger charge is 2.48. The first kappa shape index (κ1) is 15.6. The third-order valence-corrected chi connectivity index (χ3v) is 6.92. The molecule has 2 aliphatic carbocycles. The summed E-state index contributed by atoms with van der Waals surface area (Å²) in [6, 6.07) is 11.2. The number of nitrogens with zero attached hydrogens (tertiary/aromatic N) is 3. The van der Waals surface area contributed by atoms with E-state index in [0.717, 1.165) is 22.9 Å². The normalized spacial score (nSPS) is 22.4. The van der Waals surface area contributed by atoms with Crippen LogP contribution in [-0.4, -0.2) is 33.5 Å². The molecule has 2 N–H and O–H groups in total. The minimum absolute atomic E-state index is 0.350. The Bertz CT molecular complexity index is 1020. The van der Waals surface area contributed by atoms with E-state index in [4.69, 9.17) is 4.98 Å². The molecular weight excluding hydrogens is 334 g/mol. The smallest absolute Gasteiger partial charge is 0.137 e. The first-order valence-electron chi connectivity index (χ1n) is 10.1. The first-order chi connectivity index (χ1) is 13.1. The van der Waals surface area contributed by atoms with E-state index < -0.39 is 0 Å². The van der Waals surface area contributed by atoms with Crippen molar-refractivity contribution >= 4 is 11.5 Å². The van der Waals surface area contributed by atoms with Gasteiger partial charge >= 0.3 is 0 Å². The van der Waals surface area contributed by atoms with E-state index >= 15 is 0 Å². The number of hydrogen-bond donors (Lipinski definition) is 2. The zero-order chi connectivity index (χ0) is 18.1. The van der Waals surface area contributed by atoms with E-state index in [1.54, 1.807) is 0 Å². The SMILES string of the molecule is CC1(c2ccc3ncc(-c4cccc(NC5CC6(CNC6)C5)n4)n3c2)CC1. The van der Waals surface area contributed by atoms with Crippen LogP contribution >= 0.6 is 0 Å². The molecule has 3 aliphatic rings. The molecule has 3 aromatic rings.